The molecule has 0 aliphatic carbocycles. The number of hydrogen-bond donors (Lipinski definition) is 0. The quantitative estimate of drug-likeness (QED) is 0.683. The van der Waals surface area contributed by atoms with Crippen molar-refractivity contribution in [2.75, 3.05) is 6.61 Å². The van der Waals surface area contributed by atoms with Gasteiger partial charge in [0.05, 0.1) is 0 Å². The highest BCUT2D eigenvalue weighted by Crippen LogP contribution is 2.09. The lowest BCUT2D eigenvalue weighted by Gasteiger charge is -2.03. The predicted molar refractivity (Wildman–Crippen MR) is 53.5 cm³/mol. The molecule has 2 aromatic heterocycles. The van der Waals surface area contributed by atoms with Crippen LogP contribution in [0.2, 0.25) is 0 Å². The van der Waals surface area contributed by atoms with Crippen molar-refractivity contribution in [3.05, 3.63) is 31.1 Å². The van der Waals surface area contributed by atoms with E-state index in [1.165, 1.54) is 6.33 Å². The molecular formula is C10H8N4O. The monoisotopic (exact) mass is 200 g/mol. The lowest BCUT2D eigenvalue weighted by atomic mass is 10.5. The van der Waals surface area contributed by atoms with Crippen molar-refractivity contribution < 1.29 is 4.74 Å². The second-order valence-electron chi connectivity index (χ2n) is 2.68. The molecule has 0 unspecified atom stereocenters. The molecule has 0 aromatic carbocycles. The van der Waals surface area contributed by atoms with Crippen LogP contribution in [0.3, 0.4) is 0 Å². The van der Waals surface area contributed by atoms with Crippen molar-refractivity contribution in [1.29, 1.82) is 0 Å². The van der Waals surface area contributed by atoms with E-state index in [2.05, 4.69) is 20.9 Å². The Balaban J connectivity index is 2.24. The van der Waals surface area contributed by atoms with E-state index in [-0.39, 0.29) is 6.61 Å². The first kappa shape index (κ1) is 9.21. The number of rotatable bonds is 3. The Bertz CT molecular complexity index is 472. The Morgan fingerprint density at radius 3 is 3.13 bits per heavy atom. The summed E-state index contributed by atoms with van der Waals surface area (Å²) in [5.41, 5.74) is 0. The zero-order valence-corrected chi connectivity index (χ0v) is 7.87. The largest absolute Gasteiger partial charge is 0.464 e. The SMILES string of the molecule is C#CCOc1cc(-n2ccnc2)ncn1. The molecular weight excluding hydrogens is 192 g/mol. The van der Waals surface area contributed by atoms with Crippen molar-refractivity contribution in [1.82, 2.24) is 19.5 Å². The topological polar surface area (TPSA) is 52.8 Å². The van der Waals surface area contributed by atoms with Gasteiger partial charge in [-0.2, -0.15) is 0 Å². The van der Waals surface area contributed by atoms with Crippen LogP contribution in [0.4, 0.5) is 0 Å². The van der Waals surface area contributed by atoms with Gasteiger partial charge in [-0.1, -0.05) is 5.92 Å². The molecule has 2 rings (SSSR count). The van der Waals surface area contributed by atoms with E-state index in [1.807, 2.05) is 0 Å². The summed E-state index contributed by atoms with van der Waals surface area (Å²) in [6.45, 7) is 0.195. The maximum Gasteiger partial charge on any atom is 0.219 e. The van der Waals surface area contributed by atoms with Crippen molar-refractivity contribution in [2.45, 2.75) is 0 Å². The summed E-state index contributed by atoms with van der Waals surface area (Å²) in [6.07, 6.45) is 11.6. The van der Waals surface area contributed by atoms with Gasteiger partial charge in [0.2, 0.25) is 5.88 Å². The lowest BCUT2D eigenvalue weighted by molar-refractivity contribution is 0.354. The van der Waals surface area contributed by atoms with E-state index in [1.54, 1.807) is 29.4 Å². The summed E-state index contributed by atoms with van der Waals surface area (Å²) in [6, 6.07) is 1.69. The van der Waals surface area contributed by atoms with Crippen molar-refractivity contribution in [3.63, 3.8) is 0 Å². The fourth-order valence-corrected chi connectivity index (χ4v) is 1.06. The Hall–Kier alpha value is -2.35. The van der Waals surface area contributed by atoms with Crippen molar-refractivity contribution >= 4 is 0 Å². The molecule has 74 valence electrons. The van der Waals surface area contributed by atoms with Gasteiger partial charge in [0.1, 0.15) is 18.5 Å². The van der Waals surface area contributed by atoms with Crippen molar-refractivity contribution in [2.24, 2.45) is 0 Å². The third-order valence-corrected chi connectivity index (χ3v) is 1.70. The maximum atomic E-state index is 5.17. The molecule has 0 saturated carbocycles. The number of aromatic nitrogens is 4. The zero-order valence-electron chi connectivity index (χ0n) is 7.87. The summed E-state index contributed by atoms with van der Waals surface area (Å²) in [4.78, 5) is 11.9. The molecule has 15 heavy (non-hydrogen) atoms. The second kappa shape index (κ2) is 4.24. The van der Waals surface area contributed by atoms with Gasteiger partial charge in [0, 0.05) is 18.5 Å². The fraction of sp³-hybridized carbons (Fsp3) is 0.100. The van der Waals surface area contributed by atoms with Gasteiger partial charge in [-0.3, -0.25) is 4.57 Å². The van der Waals surface area contributed by atoms with E-state index in [4.69, 9.17) is 11.2 Å². The van der Waals surface area contributed by atoms with Crippen LogP contribution in [0.15, 0.2) is 31.1 Å². The molecule has 5 nitrogen and oxygen atoms in total. The number of terminal acetylenes is 1. The average molecular weight is 200 g/mol. The van der Waals surface area contributed by atoms with Crippen LogP contribution in [0.1, 0.15) is 0 Å². The third kappa shape index (κ3) is 2.11. The molecule has 0 spiro atoms. The van der Waals surface area contributed by atoms with Crippen LogP contribution in [0.5, 0.6) is 5.88 Å². The minimum absolute atomic E-state index is 0.195. The molecule has 0 amide bonds. The highest BCUT2D eigenvalue weighted by Gasteiger charge is 2.00. The highest BCUT2D eigenvalue weighted by molar-refractivity contribution is 5.26. The minimum atomic E-state index is 0.195. The molecule has 0 saturated heterocycles. The maximum absolute atomic E-state index is 5.17. The Labute approximate surface area is 86.8 Å². The fourth-order valence-electron chi connectivity index (χ4n) is 1.06. The summed E-state index contributed by atoms with van der Waals surface area (Å²) >= 11 is 0. The summed E-state index contributed by atoms with van der Waals surface area (Å²) in [5, 5.41) is 0. The van der Waals surface area contributed by atoms with Crippen LogP contribution in [-0.2, 0) is 0 Å². The molecule has 2 aromatic rings. The second-order valence-corrected chi connectivity index (χ2v) is 2.68. The van der Waals surface area contributed by atoms with E-state index in [0.717, 1.165) is 0 Å². The molecule has 0 atom stereocenters. The summed E-state index contributed by atoms with van der Waals surface area (Å²) < 4.78 is 6.93. The first-order valence-electron chi connectivity index (χ1n) is 4.27. The van der Waals surface area contributed by atoms with E-state index in [9.17, 15) is 0 Å². The summed E-state index contributed by atoms with van der Waals surface area (Å²) in [5.74, 6) is 3.51. The van der Waals surface area contributed by atoms with Gasteiger partial charge in [-0.05, 0) is 0 Å². The van der Waals surface area contributed by atoms with E-state index >= 15 is 0 Å². The first-order valence-corrected chi connectivity index (χ1v) is 4.27. The Morgan fingerprint density at radius 2 is 2.40 bits per heavy atom. The average Bonchev–Trinajstić information content (AvgIpc) is 2.80. The Kier molecular flexibility index (Phi) is 2.61. The van der Waals surface area contributed by atoms with Crippen LogP contribution in [-0.4, -0.2) is 26.1 Å². The molecule has 0 aliphatic rings. The molecule has 2 heterocycles. The smallest absolute Gasteiger partial charge is 0.219 e. The van der Waals surface area contributed by atoms with Crippen LogP contribution in [0.25, 0.3) is 5.82 Å². The van der Waals surface area contributed by atoms with Gasteiger partial charge in [0.15, 0.2) is 6.61 Å². The van der Waals surface area contributed by atoms with Crippen LogP contribution < -0.4 is 4.74 Å². The van der Waals surface area contributed by atoms with Crippen LogP contribution in [0, 0.1) is 12.3 Å². The molecule has 0 radical (unpaired) electrons. The normalized spacial score (nSPS) is 9.53. The first-order chi connectivity index (χ1) is 7.40. The van der Waals surface area contributed by atoms with Gasteiger partial charge in [-0.15, -0.1) is 6.42 Å². The number of hydrogen-bond acceptors (Lipinski definition) is 4. The van der Waals surface area contributed by atoms with Crippen molar-refractivity contribution in [3.8, 4) is 24.0 Å². The minimum Gasteiger partial charge on any atom is -0.464 e. The van der Waals surface area contributed by atoms with Gasteiger partial charge >= 0.3 is 0 Å². The summed E-state index contributed by atoms with van der Waals surface area (Å²) in [7, 11) is 0. The molecule has 0 fully saturated rings. The van der Waals surface area contributed by atoms with Gasteiger partial charge in [-0.25, -0.2) is 15.0 Å². The molecule has 0 N–H and O–H groups in total. The molecule has 0 aliphatic heterocycles. The zero-order chi connectivity index (χ0) is 10.5. The number of ether oxygens (including phenoxy) is 1. The van der Waals surface area contributed by atoms with Gasteiger partial charge < -0.3 is 4.74 Å². The standard InChI is InChI=1S/C10H8N4O/c1-2-5-15-10-6-9(12-7-13-10)14-4-3-11-8-14/h1,3-4,6-8H,5H2. The lowest BCUT2D eigenvalue weighted by Crippen LogP contribution is -2.00. The Morgan fingerprint density at radius 1 is 1.47 bits per heavy atom. The van der Waals surface area contributed by atoms with E-state index in [0.29, 0.717) is 11.7 Å². The highest BCUT2D eigenvalue weighted by atomic mass is 16.5. The van der Waals surface area contributed by atoms with Gasteiger partial charge in [0.25, 0.3) is 0 Å². The molecule has 5 heteroatoms. The molecule has 0 bridgehead atoms. The van der Waals surface area contributed by atoms with Crippen LogP contribution >= 0.6 is 0 Å². The number of nitrogens with zero attached hydrogens (tertiary/aromatic N) is 4. The number of imidazole rings is 1. The predicted octanol–water partition coefficient (Wildman–Crippen LogP) is 0.674. The third-order valence-electron chi connectivity index (χ3n) is 1.70. The van der Waals surface area contributed by atoms with E-state index < -0.39 is 0 Å².